The molecule has 2 aromatic carbocycles. The van der Waals surface area contributed by atoms with Crippen molar-refractivity contribution in [2.75, 3.05) is 22.4 Å². The summed E-state index contributed by atoms with van der Waals surface area (Å²) in [4.78, 5) is 12.2. The van der Waals surface area contributed by atoms with E-state index in [2.05, 4.69) is 5.32 Å². The number of para-hydroxylation sites is 1. The molecule has 0 aliphatic heterocycles. The molecule has 0 heterocycles. The number of anilines is 2. The Hall–Kier alpha value is -1.47. The summed E-state index contributed by atoms with van der Waals surface area (Å²) in [5.74, 6) is -0.542. The summed E-state index contributed by atoms with van der Waals surface area (Å²) in [5.41, 5.74) is 0.632. The fourth-order valence-electron chi connectivity index (χ4n) is 1.92. The molecule has 1 N–H and O–H groups in total. The smallest absolute Gasteiger partial charge is 0.245 e. The van der Waals surface area contributed by atoms with E-state index in [1.54, 1.807) is 24.3 Å². The predicted molar refractivity (Wildman–Crippen MR) is 98.7 cm³/mol. The van der Waals surface area contributed by atoms with Crippen LogP contribution in [0.2, 0.25) is 15.1 Å². The van der Waals surface area contributed by atoms with E-state index in [1.165, 1.54) is 18.2 Å². The fourth-order valence-corrected chi connectivity index (χ4v) is 3.25. The summed E-state index contributed by atoms with van der Waals surface area (Å²) in [6, 6.07) is 11.0. The van der Waals surface area contributed by atoms with Gasteiger partial charge >= 0.3 is 0 Å². The summed E-state index contributed by atoms with van der Waals surface area (Å²) >= 11 is 17.7. The van der Waals surface area contributed by atoms with Gasteiger partial charge in [-0.2, -0.15) is 0 Å². The highest BCUT2D eigenvalue weighted by Gasteiger charge is 2.22. The van der Waals surface area contributed by atoms with Gasteiger partial charge in [0.05, 0.1) is 32.7 Å². The normalized spacial score (nSPS) is 11.2. The van der Waals surface area contributed by atoms with Gasteiger partial charge in [-0.05, 0) is 30.3 Å². The van der Waals surface area contributed by atoms with Gasteiger partial charge in [0, 0.05) is 0 Å². The molecule has 0 aromatic heterocycles. The van der Waals surface area contributed by atoms with E-state index in [0.717, 1.165) is 10.6 Å². The SMILES string of the molecule is CS(=O)(=O)N(CC(=O)Nc1ccccc1Cl)c1ccc(Cl)c(Cl)c1. The molecule has 2 rings (SSSR count). The highest BCUT2D eigenvalue weighted by atomic mass is 35.5. The van der Waals surface area contributed by atoms with Crippen LogP contribution < -0.4 is 9.62 Å². The molecule has 0 atom stereocenters. The standard InChI is InChI=1S/C15H13Cl3N2O3S/c1-24(22,23)20(10-6-7-11(16)13(18)8-10)9-15(21)19-14-5-3-2-4-12(14)17/h2-8H,9H2,1H3,(H,19,21). The van der Waals surface area contributed by atoms with Crippen LogP contribution >= 0.6 is 34.8 Å². The third-order valence-corrected chi connectivity index (χ3v) is 5.24. The van der Waals surface area contributed by atoms with Crippen molar-refractivity contribution in [1.29, 1.82) is 0 Å². The van der Waals surface area contributed by atoms with Gasteiger partial charge in [-0.1, -0.05) is 46.9 Å². The molecule has 0 bridgehead atoms. The number of nitrogens with zero attached hydrogens (tertiary/aromatic N) is 1. The van der Waals surface area contributed by atoms with E-state index in [-0.39, 0.29) is 15.7 Å². The molecule has 0 radical (unpaired) electrons. The van der Waals surface area contributed by atoms with E-state index >= 15 is 0 Å². The number of amides is 1. The largest absolute Gasteiger partial charge is 0.323 e. The van der Waals surface area contributed by atoms with Gasteiger partial charge < -0.3 is 5.32 Å². The summed E-state index contributed by atoms with van der Waals surface area (Å²) in [5, 5.41) is 3.40. The Morgan fingerprint density at radius 1 is 1.04 bits per heavy atom. The Kier molecular flexibility index (Phi) is 5.98. The number of benzene rings is 2. The summed E-state index contributed by atoms with van der Waals surface area (Å²) < 4.78 is 25.0. The third kappa shape index (κ3) is 4.77. The van der Waals surface area contributed by atoms with E-state index in [9.17, 15) is 13.2 Å². The molecule has 9 heteroatoms. The molecule has 0 aliphatic rings. The highest BCUT2D eigenvalue weighted by molar-refractivity contribution is 7.92. The number of halogens is 3. The average molecular weight is 408 g/mol. The quantitative estimate of drug-likeness (QED) is 0.813. The Bertz CT molecular complexity index is 872. The number of carbonyl (C=O) groups is 1. The molecular weight excluding hydrogens is 395 g/mol. The van der Waals surface area contributed by atoms with Crippen molar-refractivity contribution in [2.24, 2.45) is 0 Å². The maximum absolute atomic E-state index is 12.2. The Morgan fingerprint density at radius 3 is 2.29 bits per heavy atom. The first-order valence-electron chi connectivity index (χ1n) is 6.65. The molecule has 0 aliphatic carbocycles. The minimum Gasteiger partial charge on any atom is -0.323 e. The minimum absolute atomic E-state index is 0.189. The van der Waals surface area contributed by atoms with E-state index in [1.807, 2.05) is 0 Å². The number of nitrogens with one attached hydrogen (secondary N) is 1. The summed E-state index contributed by atoms with van der Waals surface area (Å²) in [6.07, 6.45) is 0.998. The summed E-state index contributed by atoms with van der Waals surface area (Å²) in [6.45, 7) is -0.429. The Labute approximate surface area is 155 Å². The predicted octanol–water partition coefficient (Wildman–Crippen LogP) is 4.05. The molecule has 24 heavy (non-hydrogen) atoms. The van der Waals surface area contributed by atoms with Gasteiger partial charge in [-0.25, -0.2) is 8.42 Å². The van der Waals surface area contributed by atoms with Crippen LogP contribution in [0.5, 0.6) is 0 Å². The number of sulfonamides is 1. The molecule has 128 valence electrons. The number of hydrogen-bond acceptors (Lipinski definition) is 3. The molecule has 0 fully saturated rings. The maximum Gasteiger partial charge on any atom is 0.245 e. The number of rotatable bonds is 5. The highest BCUT2D eigenvalue weighted by Crippen LogP contribution is 2.28. The van der Waals surface area contributed by atoms with Crippen LogP contribution in [0.3, 0.4) is 0 Å². The molecule has 1 amide bonds. The zero-order valence-electron chi connectivity index (χ0n) is 12.5. The molecule has 0 saturated heterocycles. The van der Waals surface area contributed by atoms with E-state index in [0.29, 0.717) is 10.7 Å². The lowest BCUT2D eigenvalue weighted by Crippen LogP contribution is -2.37. The van der Waals surface area contributed by atoms with Crippen molar-refractivity contribution in [3.8, 4) is 0 Å². The van der Waals surface area contributed by atoms with Crippen molar-refractivity contribution in [2.45, 2.75) is 0 Å². The second kappa shape index (κ2) is 7.61. The van der Waals surface area contributed by atoms with Gasteiger partial charge in [-0.15, -0.1) is 0 Å². The lowest BCUT2D eigenvalue weighted by atomic mass is 10.3. The first-order valence-corrected chi connectivity index (χ1v) is 9.64. The van der Waals surface area contributed by atoms with Crippen LogP contribution in [0.4, 0.5) is 11.4 Å². The molecule has 5 nitrogen and oxygen atoms in total. The van der Waals surface area contributed by atoms with Gasteiger partial charge in [0.2, 0.25) is 15.9 Å². The Morgan fingerprint density at radius 2 is 1.71 bits per heavy atom. The second-order valence-electron chi connectivity index (χ2n) is 4.90. The molecular formula is C15H13Cl3N2O3S. The van der Waals surface area contributed by atoms with Crippen molar-refractivity contribution >= 4 is 62.1 Å². The monoisotopic (exact) mass is 406 g/mol. The van der Waals surface area contributed by atoms with Crippen LogP contribution in [0.25, 0.3) is 0 Å². The minimum atomic E-state index is -3.71. The lowest BCUT2D eigenvalue weighted by Gasteiger charge is -2.22. The summed E-state index contributed by atoms with van der Waals surface area (Å²) in [7, 11) is -3.71. The van der Waals surface area contributed by atoms with Gasteiger partial charge in [-0.3, -0.25) is 9.10 Å². The van der Waals surface area contributed by atoms with Crippen LogP contribution in [0, 0.1) is 0 Å². The zero-order chi connectivity index (χ0) is 17.9. The van der Waals surface area contributed by atoms with Crippen LogP contribution in [0.1, 0.15) is 0 Å². The fraction of sp³-hybridized carbons (Fsp3) is 0.133. The van der Waals surface area contributed by atoms with E-state index < -0.39 is 22.5 Å². The van der Waals surface area contributed by atoms with Crippen LogP contribution in [0.15, 0.2) is 42.5 Å². The first kappa shape index (κ1) is 18.9. The topological polar surface area (TPSA) is 66.5 Å². The zero-order valence-corrected chi connectivity index (χ0v) is 15.5. The first-order chi connectivity index (χ1) is 11.2. The van der Waals surface area contributed by atoms with Crippen molar-refractivity contribution < 1.29 is 13.2 Å². The molecule has 0 saturated carbocycles. The Balaban J connectivity index is 2.25. The molecule has 0 spiro atoms. The van der Waals surface area contributed by atoms with Crippen molar-refractivity contribution in [3.05, 3.63) is 57.5 Å². The third-order valence-electron chi connectivity index (χ3n) is 3.03. The van der Waals surface area contributed by atoms with Crippen molar-refractivity contribution in [3.63, 3.8) is 0 Å². The van der Waals surface area contributed by atoms with Gasteiger partial charge in [0.25, 0.3) is 0 Å². The maximum atomic E-state index is 12.2. The van der Waals surface area contributed by atoms with Gasteiger partial charge in [0.1, 0.15) is 6.54 Å². The number of hydrogen-bond donors (Lipinski definition) is 1. The molecule has 2 aromatic rings. The van der Waals surface area contributed by atoms with E-state index in [4.69, 9.17) is 34.8 Å². The van der Waals surface area contributed by atoms with Crippen LogP contribution in [-0.2, 0) is 14.8 Å². The second-order valence-corrected chi connectivity index (χ2v) is 8.02. The number of carbonyl (C=O) groups excluding carboxylic acids is 1. The average Bonchev–Trinajstić information content (AvgIpc) is 2.49. The molecule has 0 unspecified atom stereocenters. The lowest BCUT2D eigenvalue weighted by molar-refractivity contribution is -0.114. The van der Waals surface area contributed by atoms with Crippen LogP contribution in [-0.4, -0.2) is 27.1 Å². The van der Waals surface area contributed by atoms with Crippen molar-refractivity contribution in [1.82, 2.24) is 0 Å². The van der Waals surface area contributed by atoms with Gasteiger partial charge in [0.15, 0.2) is 0 Å².